The molecular formula is C29H36N3O2+. The lowest BCUT2D eigenvalue weighted by Crippen LogP contribution is -2.63. The van der Waals surface area contributed by atoms with Gasteiger partial charge in [-0.1, -0.05) is 74.5 Å². The van der Waals surface area contributed by atoms with Crippen molar-refractivity contribution < 1.29 is 14.2 Å². The third kappa shape index (κ3) is 6.03. The van der Waals surface area contributed by atoms with Crippen LogP contribution in [0.1, 0.15) is 49.0 Å². The lowest BCUT2D eigenvalue weighted by Gasteiger charge is -2.35. The maximum Gasteiger partial charge on any atom is 0.287 e. The highest BCUT2D eigenvalue weighted by Gasteiger charge is 2.36. The van der Waals surface area contributed by atoms with Gasteiger partial charge in [-0.2, -0.15) is 0 Å². The fraction of sp³-hybridized carbons (Fsp3) is 0.379. The third-order valence-electron chi connectivity index (χ3n) is 6.78. The number of likely N-dealkylation sites (tertiary alicyclic amines) is 1. The Morgan fingerprint density at radius 2 is 1.56 bits per heavy atom. The van der Waals surface area contributed by atoms with Crippen molar-refractivity contribution in [2.75, 3.05) is 19.6 Å². The van der Waals surface area contributed by atoms with E-state index in [9.17, 15) is 9.59 Å². The summed E-state index contributed by atoms with van der Waals surface area (Å²) in [6.07, 6.45) is 3.73. The van der Waals surface area contributed by atoms with E-state index in [4.69, 9.17) is 0 Å². The van der Waals surface area contributed by atoms with E-state index in [0.29, 0.717) is 16.6 Å². The molecule has 1 aliphatic heterocycles. The molecule has 2 N–H and O–H groups in total. The number of hydrogen-bond acceptors (Lipinski definition) is 2. The van der Waals surface area contributed by atoms with Crippen molar-refractivity contribution in [1.29, 1.82) is 0 Å². The number of benzene rings is 3. The lowest BCUT2D eigenvalue weighted by molar-refractivity contribution is -0.950. The SMILES string of the molecule is CC(C)C[C@H](NC(=O)c1ccc2ccccc2c1)C(=O)N[N+]1(CCc2ccccc2)CCCC1. The minimum absolute atomic E-state index is 0.0854. The number of amides is 2. The highest BCUT2D eigenvalue weighted by atomic mass is 16.2. The van der Waals surface area contributed by atoms with E-state index in [1.54, 1.807) is 0 Å². The van der Waals surface area contributed by atoms with E-state index in [1.165, 1.54) is 5.56 Å². The fourth-order valence-corrected chi connectivity index (χ4v) is 4.91. The Hall–Kier alpha value is -3.18. The number of quaternary nitrogens is 1. The summed E-state index contributed by atoms with van der Waals surface area (Å²) in [5.74, 6) is -0.00869. The Kier molecular flexibility index (Phi) is 7.63. The first-order valence-electron chi connectivity index (χ1n) is 12.5. The topological polar surface area (TPSA) is 58.2 Å². The molecule has 0 saturated carbocycles. The number of nitrogens with zero attached hydrogens (tertiary/aromatic N) is 1. The summed E-state index contributed by atoms with van der Waals surface area (Å²) < 4.78 is 0.591. The van der Waals surface area contributed by atoms with Gasteiger partial charge in [-0.25, -0.2) is 10.0 Å². The summed E-state index contributed by atoms with van der Waals surface area (Å²) >= 11 is 0. The molecule has 1 atom stereocenters. The van der Waals surface area contributed by atoms with Crippen LogP contribution >= 0.6 is 0 Å². The summed E-state index contributed by atoms with van der Waals surface area (Å²) in [6, 6.07) is 23.5. The normalized spacial score (nSPS) is 15.9. The smallest absolute Gasteiger partial charge is 0.287 e. The van der Waals surface area contributed by atoms with Crippen LogP contribution in [-0.2, 0) is 11.2 Å². The van der Waals surface area contributed by atoms with Crippen LogP contribution in [0.5, 0.6) is 0 Å². The molecule has 1 aliphatic rings. The Labute approximate surface area is 202 Å². The highest BCUT2D eigenvalue weighted by molar-refractivity contribution is 6.00. The van der Waals surface area contributed by atoms with Crippen LogP contribution in [0.4, 0.5) is 0 Å². The molecule has 0 spiro atoms. The first-order chi connectivity index (χ1) is 16.4. The number of fused-ring (bicyclic) bond motifs is 1. The minimum Gasteiger partial charge on any atom is -0.340 e. The van der Waals surface area contributed by atoms with Gasteiger partial charge in [0.2, 0.25) is 0 Å². The van der Waals surface area contributed by atoms with Gasteiger partial charge in [0, 0.05) is 24.8 Å². The molecule has 1 heterocycles. The third-order valence-corrected chi connectivity index (χ3v) is 6.78. The van der Waals surface area contributed by atoms with Gasteiger partial charge in [0.1, 0.15) is 25.7 Å². The number of carbonyl (C=O) groups excluding carboxylic acids is 2. The van der Waals surface area contributed by atoms with Crippen molar-refractivity contribution in [2.45, 2.75) is 45.6 Å². The van der Waals surface area contributed by atoms with Crippen molar-refractivity contribution in [3.05, 3.63) is 83.9 Å². The molecule has 34 heavy (non-hydrogen) atoms. The maximum absolute atomic E-state index is 13.5. The van der Waals surface area contributed by atoms with Gasteiger partial charge in [0.25, 0.3) is 11.8 Å². The molecule has 0 aliphatic carbocycles. The molecular weight excluding hydrogens is 422 g/mol. The summed E-state index contributed by atoms with van der Waals surface area (Å²) in [5.41, 5.74) is 5.20. The first kappa shape index (κ1) is 24.0. The zero-order chi connectivity index (χ0) is 24.0. The van der Waals surface area contributed by atoms with Crippen LogP contribution < -0.4 is 10.7 Å². The van der Waals surface area contributed by atoms with Crippen LogP contribution in [0.2, 0.25) is 0 Å². The molecule has 5 heteroatoms. The molecule has 2 amide bonds. The van der Waals surface area contributed by atoms with Crippen LogP contribution in [0.25, 0.3) is 10.8 Å². The van der Waals surface area contributed by atoms with Gasteiger partial charge >= 0.3 is 0 Å². The second-order valence-corrected chi connectivity index (χ2v) is 9.95. The van der Waals surface area contributed by atoms with Gasteiger partial charge in [-0.3, -0.25) is 9.59 Å². The highest BCUT2D eigenvalue weighted by Crippen LogP contribution is 2.20. The second-order valence-electron chi connectivity index (χ2n) is 9.95. The van der Waals surface area contributed by atoms with Crippen LogP contribution in [-0.4, -0.2) is 42.1 Å². The number of hydrogen-bond donors (Lipinski definition) is 2. The van der Waals surface area contributed by atoms with Crippen LogP contribution in [0, 0.1) is 5.92 Å². The predicted octanol–water partition coefficient (Wildman–Crippen LogP) is 4.87. The van der Waals surface area contributed by atoms with Crippen LogP contribution in [0.15, 0.2) is 72.8 Å². The Balaban J connectivity index is 1.46. The van der Waals surface area contributed by atoms with Gasteiger partial charge in [-0.15, -0.1) is 0 Å². The van der Waals surface area contributed by atoms with E-state index in [-0.39, 0.29) is 17.7 Å². The molecule has 1 saturated heterocycles. The first-order valence-corrected chi connectivity index (χ1v) is 12.5. The summed E-state index contributed by atoms with van der Waals surface area (Å²) in [4.78, 5) is 26.6. The van der Waals surface area contributed by atoms with E-state index in [2.05, 4.69) is 48.9 Å². The molecule has 0 bridgehead atoms. The zero-order valence-electron chi connectivity index (χ0n) is 20.3. The Morgan fingerprint density at radius 3 is 2.26 bits per heavy atom. The average Bonchev–Trinajstić information content (AvgIpc) is 3.31. The number of rotatable bonds is 9. The minimum atomic E-state index is -0.564. The predicted molar refractivity (Wildman–Crippen MR) is 137 cm³/mol. The molecule has 3 aromatic carbocycles. The molecule has 178 valence electrons. The second kappa shape index (κ2) is 10.8. The van der Waals surface area contributed by atoms with E-state index < -0.39 is 6.04 Å². The number of nitrogens with one attached hydrogen (secondary N) is 2. The molecule has 5 nitrogen and oxygen atoms in total. The van der Waals surface area contributed by atoms with Gasteiger partial charge < -0.3 is 5.32 Å². The van der Waals surface area contributed by atoms with Crippen LogP contribution in [0.3, 0.4) is 0 Å². The average molecular weight is 459 g/mol. The quantitative estimate of drug-likeness (QED) is 0.450. The van der Waals surface area contributed by atoms with E-state index >= 15 is 0 Å². The largest absolute Gasteiger partial charge is 0.340 e. The Morgan fingerprint density at radius 1 is 0.882 bits per heavy atom. The molecule has 3 aromatic rings. The van der Waals surface area contributed by atoms with Crippen molar-refractivity contribution in [3.63, 3.8) is 0 Å². The van der Waals surface area contributed by atoms with Crippen molar-refractivity contribution in [2.24, 2.45) is 5.92 Å². The van der Waals surface area contributed by atoms with Crippen molar-refractivity contribution in [1.82, 2.24) is 10.7 Å². The van der Waals surface area contributed by atoms with Gasteiger partial charge in [0.15, 0.2) is 0 Å². The zero-order valence-corrected chi connectivity index (χ0v) is 20.3. The molecule has 0 unspecified atom stereocenters. The standard InChI is InChI=1S/C29H35N3O2/c1-22(2)20-27(30-28(33)26-15-14-24-12-6-7-13-25(24)21-26)29(34)31-32(17-8-9-18-32)19-16-23-10-4-3-5-11-23/h3-7,10-15,21-22,27H,8-9,16-20H2,1-2H3,(H-,30,31,33,34)/p+1/t27-/m0/s1. The van der Waals surface area contributed by atoms with E-state index in [0.717, 1.165) is 49.7 Å². The molecule has 4 rings (SSSR count). The summed E-state index contributed by atoms with van der Waals surface area (Å²) in [7, 11) is 0. The van der Waals surface area contributed by atoms with E-state index in [1.807, 2.05) is 48.5 Å². The fourth-order valence-electron chi connectivity index (χ4n) is 4.91. The molecule has 0 aromatic heterocycles. The van der Waals surface area contributed by atoms with Gasteiger partial charge in [0.05, 0.1) is 0 Å². The summed E-state index contributed by atoms with van der Waals surface area (Å²) in [6.45, 7) is 6.90. The maximum atomic E-state index is 13.5. The van der Waals surface area contributed by atoms with Crippen molar-refractivity contribution in [3.8, 4) is 0 Å². The monoisotopic (exact) mass is 458 g/mol. The number of carbonyl (C=O) groups is 2. The lowest BCUT2D eigenvalue weighted by atomic mass is 10.0. The molecule has 1 fully saturated rings. The Bertz CT molecular complexity index is 1120. The molecule has 0 radical (unpaired) electrons. The summed E-state index contributed by atoms with van der Waals surface area (Å²) in [5, 5.41) is 5.14. The van der Waals surface area contributed by atoms with Crippen molar-refractivity contribution >= 4 is 22.6 Å². The van der Waals surface area contributed by atoms with Gasteiger partial charge in [-0.05, 0) is 40.8 Å².